The number of ether oxygens (including phenoxy) is 1. The summed E-state index contributed by atoms with van der Waals surface area (Å²) >= 11 is 4.81. The first-order chi connectivity index (χ1) is 9.11. The molecule has 1 rings (SSSR count). The van der Waals surface area contributed by atoms with Crippen LogP contribution in [-0.4, -0.2) is 30.8 Å². The van der Waals surface area contributed by atoms with Gasteiger partial charge in [-0.3, -0.25) is 9.59 Å². The maximum Gasteiger partial charge on any atom is 0.307 e. The van der Waals surface area contributed by atoms with Crippen LogP contribution in [0.15, 0.2) is 33.6 Å². The third-order valence-electron chi connectivity index (χ3n) is 2.14. The van der Waals surface area contributed by atoms with Crippen LogP contribution in [0.1, 0.15) is 13.3 Å². The second kappa shape index (κ2) is 8.98. The van der Waals surface area contributed by atoms with Gasteiger partial charge in [0.25, 0.3) is 0 Å². The lowest BCUT2D eigenvalue weighted by Crippen LogP contribution is -2.28. The van der Waals surface area contributed by atoms with E-state index < -0.39 is 0 Å². The second-order valence-electron chi connectivity index (χ2n) is 3.65. The van der Waals surface area contributed by atoms with Crippen molar-refractivity contribution in [2.45, 2.75) is 18.2 Å². The van der Waals surface area contributed by atoms with Gasteiger partial charge in [0.1, 0.15) is 0 Å². The van der Waals surface area contributed by atoms with Crippen molar-refractivity contribution in [3.05, 3.63) is 28.7 Å². The van der Waals surface area contributed by atoms with Gasteiger partial charge in [0.05, 0.1) is 18.8 Å². The van der Waals surface area contributed by atoms with Gasteiger partial charge in [-0.15, -0.1) is 11.8 Å². The summed E-state index contributed by atoms with van der Waals surface area (Å²) in [5, 5.41) is 2.68. The highest BCUT2D eigenvalue weighted by atomic mass is 79.9. The predicted octanol–water partition coefficient (Wildman–Crippen LogP) is 2.61. The average Bonchev–Trinajstić information content (AvgIpc) is 2.38. The molecular weight excluding hydrogens is 330 g/mol. The van der Waals surface area contributed by atoms with Crippen molar-refractivity contribution in [1.29, 1.82) is 0 Å². The fourth-order valence-electron chi connectivity index (χ4n) is 1.27. The van der Waals surface area contributed by atoms with Crippen molar-refractivity contribution in [3.8, 4) is 0 Å². The molecule has 0 atom stereocenters. The maximum absolute atomic E-state index is 11.5. The van der Waals surface area contributed by atoms with Gasteiger partial charge in [0, 0.05) is 15.9 Å². The van der Waals surface area contributed by atoms with Gasteiger partial charge in [-0.05, 0) is 31.2 Å². The molecule has 0 aliphatic carbocycles. The summed E-state index contributed by atoms with van der Waals surface area (Å²) < 4.78 is 5.77. The minimum atomic E-state index is -0.289. The number of carbonyl (C=O) groups excluding carboxylic acids is 2. The SMILES string of the molecule is CCOC(=O)CCNC(=O)CSc1ccc(Br)cc1. The summed E-state index contributed by atoms with van der Waals surface area (Å²) in [4.78, 5) is 23.6. The molecule has 0 fully saturated rings. The lowest BCUT2D eigenvalue weighted by molar-refractivity contribution is -0.142. The zero-order chi connectivity index (χ0) is 14.1. The molecule has 0 heterocycles. The lowest BCUT2D eigenvalue weighted by atomic mass is 10.4. The van der Waals surface area contributed by atoms with E-state index in [0.717, 1.165) is 9.37 Å². The van der Waals surface area contributed by atoms with Crippen LogP contribution in [-0.2, 0) is 14.3 Å². The molecule has 0 aliphatic rings. The monoisotopic (exact) mass is 345 g/mol. The number of carbonyl (C=O) groups is 2. The zero-order valence-electron chi connectivity index (χ0n) is 10.6. The lowest BCUT2D eigenvalue weighted by Gasteiger charge is -2.05. The number of thioether (sulfide) groups is 1. The van der Waals surface area contributed by atoms with Crippen molar-refractivity contribution < 1.29 is 14.3 Å². The Labute approximate surface area is 125 Å². The minimum Gasteiger partial charge on any atom is -0.466 e. The summed E-state index contributed by atoms with van der Waals surface area (Å²) in [6, 6.07) is 7.75. The number of amides is 1. The largest absolute Gasteiger partial charge is 0.466 e. The molecule has 104 valence electrons. The van der Waals surface area contributed by atoms with Gasteiger partial charge in [-0.2, -0.15) is 0 Å². The normalized spacial score (nSPS) is 10.0. The van der Waals surface area contributed by atoms with E-state index in [-0.39, 0.29) is 18.3 Å². The molecule has 6 heteroatoms. The van der Waals surface area contributed by atoms with Crippen LogP contribution in [0.4, 0.5) is 0 Å². The van der Waals surface area contributed by atoms with E-state index in [2.05, 4.69) is 21.2 Å². The number of rotatable bonds is 7. The van der Waals surface area contributed by atoms with Crippen LogP contribution in [0.25, 0.3) is 0 Å². The Kier molecular flexibility index (Phi) is 7.59. The van der Waals surface area contributed by atoms with Crippen molar-refractivity contribution >= 4 is 39.6 Å². The summed E-state index contributed by atoms with van der Waals surface area (Å²) in [5.41, 5.74) is 0. The predicted molar refractivity (Wildman–Crippen MR) is 79.1 cm³/mol. The van der Waals surface area contributed by atoms with Gasteiger partial charge < -0.3 is 10.1 Å². The first-order valence-electron chi connectivity index (χ1n) is 5.92. The number of hydrogen-bond donors (Lipinski definition) is 1. The van der Waals surface area contributed by atoms with Crippen molar-refractivity contribution in [2.24, 2.45) is 0 Å². The molecule has 19 heavy (non-hydrogen) atoms. The molecule has 0 saturated carbocycles. The van der Waals surface area contributed by atoms with Crippen LogP contribution in [0, 0.1) is 0 Å². The highest BCUT2D eigenvalue weighted by Crippen LogP contribution is 2.20. The highest BCUT2D eigenvalue weighted by molar-refractivity contribution is 9.10. The quantitative estimate of drug-likeness (QED) is 0.609. The third kappa shape index (κ3) is 7.22. The standard InChI is InChI=1S/C13H16BrNO3S/c1-2-18-13(17)7-8-15-12(16)9-19-11-5-3-10(14)4-6-11/h3-6H,2,7-9H2,1H3,(H,15,16). The summed E-state index contributed by atoms with van der Waals surface area (Å²) in [5.74, 6) is -0.0367. The number of benzene rings is 1. The smallest absolute Gasteiger partial charge is 0.307 e. The van der Waals surface area contributed by atoms with Crippen LogP contribution >= 0.6 is 27.7 Å². The molecule has 0 unspecified atom stereocenters. The molecule has 0 spiro atoms. The Morgan fingerprint density at radius 2 is 2.00 bits per heavy atom. The van der Waals surface area contributed by atoms with E-state index in [1.54, 1.807) is 6.92 Å². The number of halogens is 1. The first-order valence-corrected chi connectivity index (χ1v) is 7.70. The zero-order valence-corrected chi connectivity index (χ0v) is 13.1. The van der Waals surface area contributed by atoms with E-state index in [9.17, 15) is 9.59 Å². The molecule has 1 aromatic carbocycles. The van der Waals surface area contributed by atoms with Gasteiger partial charge in [-0.25, -0.2) is 0 Å². The van der Waals surface area contributed by atoms with E-state index in [4.69, 9.17) is 4.74 Å². The fourth-order valence-corrected chi connectivity index (χ4v) is 2.26. The molecule has 0 radical (unpaired) electrons. The average molecular weight is 346 g/mol. The summed E-state index contributed by atoms with van der Waals surface area (Å²) in [6.07, 6.45) is 0.211. The van der Waals surface area contributed by atoms with Gasteiger partial charge in [0.15, 0.2) is 0 Å². The molecule has 0 bridgehead atoms. The maximum atomic E-state index is 11.5. The number of nitrogens with one attached hydrogen (secondary N) is 1. The van der Waals surface area contributed by atoms with Crippen LogP contribution in [0.5, 0.6) is 0 Å². The summed E-state index contributed by atoms with van der Waals surface area (Å²) in [6.45, 7) is 2.44. The van der Waals surface area contributed by atoms with Crippen molar-refractivity contribution in [1.82, 2.24) is 5.32 Å². The Morgan fingerprint density at radius 3 is 2.63 bits per heavy atom. The van der Waals surface area contributed by atoms with Crippen molar-refractivity contribution in [3.63, 3.8) is 0 Å². The Bertz CT molecular complexity index is 422. The third-order valence-corrected chi connectivity index (χ3v) is 3.68. The van der Waals surface area contributed by atoms with Gasteiger partial charge >= 0.3 is 5.97 Å². The van der Waals surface area contributed by atoms with Crippen LogP contribution in [0.3, 0.4) is 0 Å². The molecule has 4 nitrogen and oxygen atoms in total. The van der Waals surface area contributed by atoms with Gasteiger partial charge in [-0.1, -0.05) is 15.9 Å². The Hall–Kier alpha value is -1.01. The van der Waals surface area contributed by atoms with E-state index in [0.29, 0.717) is 18.9 Å². The molecule has 0 aromatic heterocycles. The second-order valence-corrected chi connectivity index (χ2v) is 5.61. The van der Waals surface area contributed by atoms with E-state index in [1.165, 1.54) is 11.8 Å². The van der Waals surface area contributed by atoms with Crippen LogP contribution in [0.2, 0.25) is 0 Å². The Balaban J connectivity index is 2.17. The number of esters is 1. The first kappa shape index (κ1) is 16.0. The topological polar surface area (TPSA) is 55.4 Å². The highest BCUT2D eigenvalue weighted by Gasteiger charge is 2.05. The number of hydrogen-bond acceptors (Lipinski definition) is 4. The molecule has 0 aliphatic heterocycles. The molecule has 1 N–H and O–H groups in total. The molecular formula is C13H16BrNO3S. The van der Waals surface area contributed by atoms with E-state index >= 15 is 0 Å². The molecule has 0 saturated heterocycles. The molecule has 1 amide bonds. The van der Waals surface area contributed by atoms with Gasteiger partial charge in [0.2, 0.25) is 5.91 Å². The summed E-state index contributed by atoms with van der Waals surface area (Å²) in [7, 11) is 0. The van der Waals surface area contributed by atoms with E-state index in [1.807, 2.05) is 24.3 Å². The molecule has 1 aromatic rings. The van der Waals surface area contributed by atoms with Crippen LogP contribution < -0.4 is 5.32 Å². The Morgan fingerprint density at radius 1 is 1.32 bits per heavy atom. The fraction of sp³-hybridized carbons (Fsp3) is 0.385. The van der Waals surface area contributed by atoms with Crippen molar-refractivity contribution in [2.75, 3.05) is 18.9 Å². The minimum absolute atomic E-state index is 0.0859.